The Hall–Kier alpha value is -1.24. The summed E-state index contributed by atoms with van der Waals surface area (Å²) in [4.78, 5) is 15.5. The molecular weight excluding hydrogens is 259 g/mol. The number of nitrogens with zero attached hydrogens (tertiary/aromatic N) is 1. The van der Waals surface area contributed by atoms with Gasteiger partial charge in [0.2, 0.25) is 0 Å². The number of halogens is 2. The van der Waals surface area contributed by atoms with Crippen molar-refractivity contribution >= 4 is 29.1 Å². The van der Waals surface area contributed by atoms with E-state index >= 15 is 0 Å². The molecule has 1 heterocycles. The molecule has 90 valence electrons. The summed E-state index contributed by atoms with van der Waals surface area (Å²) in [6.07, 6.45) is 7.59. The number of pyridine rings is 1. The number of terminal acetylenes is 1. The Labute approximate surface area is 111 Å². The molecule has 1 aromatic rings. The van der Waals surface area contributed by atoms with Crippen LogP contribution in [-0.4, -0.2) is 17.4 Å². The van der Waals surface area contributed by atoms with Crippen LogP contribution in [0.2, 0.25) is 10.3 Å². The van der Waals surface area contributed by atoms with E-state index in [-0.39, 0.29) is 16.2 Å². The van der Waals surface area contributed by atoms with Gasteiger partial charge in [-0.25, -0.2) is 4.98 Å². The van der Waals surface area contributed by atoms with Crippen molar-refractivity contribution in [2.75, 3.05) is 6.54 Å². The Morgan fingerprint density at radius 1 is 1.35 bits per heavy atom. The molecule has 17 heavy (non-hydrogen) atoms. The number of unbranched alkanes of at least 4 members (excludes halogenated alkanes) is 2. The molecule has 1 N–H and O–H groups in total. The van der Waals surface area contributed by atoms with Crippen LogP contribution in [0.1, 0.15) is 29.6 Å². The van der Waals surface area contributed by atoms with Crippen molar-refractivity contribution in [3.63, 3.8) is 0 Å². The van der Waals surface area contributed by atoms with E-state index in [0.29, 0.717) is 12.1 Å². The van der Waals surface area contributed by atoms with Crippen LogP contribution in [-0.2, 0) is 0 Å². The number of nitrogens with one attached hydrogen (secondary N) is 1. The lowest BCUT2D eigenvalue weighted by Crippen LogP contribution is -2.24. The van der Waals surface area contributed by atoms with Crippen molar-refractivity contribution in [2.45, 2.75) is 19.3 Å². The first kappa shape index (κ1) is 13.8. The van der Waals surface area contributed by atoms with Crippen molar-refractivity contribution in [1.82, 2.24) is 10.3 Å². The second-order valence-electron chi connectivity index (χ2n) is 3.42. The Morgan fingerprint density at radius 2 is 2.00 bits per heavy atom. The molecule has 0 saturated carbocycles. The van der Waals surface area contributed by atoms with Gasteiger partial charge in [0.05, 0.1) is 0 Å². The van der Waals surface area contributed by atoms with Crippen LogP contribution in [0.15, 0.2) is 12.1 Å². The molecule has 0 atom stereocenters. The molecule has 0 aliphatic heterocycles. The van der Waals surface area contributed by atoms with E-state index in [9.17, 15) is 4.79 Å². The SMILES string of the molecule is C#CCCCCNC(=O)c1cc(Cl)nc(Cl)c1. The van der Waals surface area contributed by atoms with Crippen molar-refractivity contribution in [2.24, 2.45) is 0 Å². The van der Waals surface area contributed by atoms with Gasteiger partial charge in [-0.1, -0.05) is 23.2 Å². The summed E-state index contributed by atoms with van der Waals surface area (Å²) >= 11 is 11.4. The van der Waals surface area contributed by atoms with Crippen LogP contribution in [0.5, 0.6) is 0 Å². The highest BCUT2D eigenvalue weighted by atomic mass is 35.5. The maximum atomic E-state index is 11.7. The predicted molar refractivity (Wildman–Crippen MR) is 69.3 cm³/mol. The van der Waals surface area contributed by atoms with Gasteiger partial charge >= 0.3 is 0 Å². The van der Waals surface area contributed by atoms with Gasteiger partial charge in [0.25, 0.3) is 5.91 Å². The highest BCUT2D eigenvalue weighted by Crippen LogP contribution is 2.14. The van der Waals surface area contributed by atoms with E-state index in [0.717, 1.165) is 19.3 Å². The number of carbonyl (C=O) groups is 1. The molecule has 0 radical (unpaired) electrons. The average molecular weight is 271 g/mol. The molecule has 0 fully saturated rings. The maximum absolute atomic E-state index is 11.7. The minimum absolute atomic E-state index is 0.204. The molecule has 3 nitrogen and oxygen atoms in total. The lowest BCUT2D eigenvalue weighted by atomic mass is 10.2. The summed E-state index contributed by atoms with van der Waals surface area (Å²) in [5.74, 6) is 2.34. The van der Waals surface area contributed by atoms with Gasteiger partial charge in [-0.05, 0) is 25.0 Å². The molecule has 0 bridgehead atoms. The monoisotopic (exact) mass is 270 g/mol. The van der Waals surface area contributed by atoms with E-state index in [1.807, 2.05) is 0 Å². The van der Waals surface area contributed by atoms with Gasteiger partial charge in [-0.15, -0.1) is 12.3 Å². The Bertz CT molecular complexity index is 420. The maximum Gasteiger partial charge on any atom is 0.251 e. The summed E-state index contributed by atoms with van der Waals surface area (Å²) in [5.41, 5.74) is 0.409. The summed E-state index contributed by atoms with van der Waals surface area (Å²) in [6, 6.07) is 2.95. The molecule has 0 unspecified atom stereocenters. The van der Waals surface area contributed by atoms with Crippen LogP contribution in [0.25, 0.3) is 0 Å². The molecule has 5 heteroatoms. The minimum atomic E-state index is -0.211. The summed E-state index contributed by atoms with van der Waals surface area (Å²) in [7, 11) is 0. The predicted octanol–water partition coefficient (Wildman–Crippen LogP) is 2.92. The fraction of sp³-hybridized carbons (Fsp3) is 0.333. The second kappa shape index (κ2) is 7.16. The quantitative estimate of drug-likeness (QED) is 0.508. The van der Waals surface area contributed by atoms with E-state index in [2.05, 4.69) is 16.2 Å². The minimum Gasteiger partial charge on any atom is -0.352 e. The van der Waals surface area contributed by atoms with E-state index < -0.39 is 0 Å². The third-order valence-electron chi connectivity index (χ3n) is 2.06. The third kappa shape index (κ3) is 5.08. The van der Waals surface area contributed by atoms with Gasteiger partial charge in [-0.3, -0.25) is 4.79 Å². The molecular formula is C12H12Cl2N2O. The van der Waals surface area contributed by atoms with Crippen molar-refractivity contribution < 1.29 is 4.79 Å². The molecule has 0 spiro atoms. The highest BCUT2D eigenvalue weighted by Gasteiger charge is 2.07. The van der Waals surface area contributed by atoms with Crippen LogP contribution in [0.4, 0.5) is 0 Å². The third-order valence-corrected chi connectivity index (χ3v) is 2.45. The van der Waals surface area contributed by atoms with Crippen molar-refractivity contribution in [1.29, 1.82) is 0 Å². The molecule has 0 aliphatic carbocycles. The highest BCUT2D eigenvalue weighted by molar-refractivity contribution is 6.33. The first-order chi connectivity index (χ1) is 8.13. The molecule has 0 aromatic carbocycles. The number of carbonyl (C=O) groups excluding carboxylic acids is 1. The van der Waals surface area contributed by atoms with Crippen LogP contribution in [0.3, 0.4) is 0 Å². The Balaban J connectivity index is 2.44. The van der Waals surface area contributed by atoms with E-state index in [1.54, 1.807) is 0 Å². The summed E-state index contributed by atoms with van der Waals surface area (Å²) in [5, 5.41) is 3.17. The average Bonchev–Trinajstić information content (AvgIpc) is 2.27. The summed E-state index contributed by atoms with van der Waals surface area (Å²) < 4.78 is 0. The molecule has 0 saturated heterocycles. The van der Waals surface area contributed by atoms with Gasteiger partial charge in [-0.2, -0.15) is 0 Å². The standard InChI is InChI=1S/C12H12Cl2N2O/c1-2-3-4-5-6-15-12(17)9-7-10(13)16-11(14)8-9/h1,7-8H,3-6H2,(H,15,17). The fourth-order valence-corrected chi connectivity index (χ4v) is 1.71. The zero-order valence-corrected chi connectivity index (χ0v) is 10.7. The number of hydrogen-bond acceptors (Lipinski definition) is 2. The van der Waals surface area contributed by atoms with E-state index in [1.165, 1.54) is 12.1 Å². The van der Waals surface area contributed by atoms with Gasteiger partial charge in [0.1, 0.15) is 10.3 Å². The van der Waals surface area contributed by atoms with Crippen LogP contribution in [0, 0.1) is 12.3 Å². The Kier molecular flexibility index (Phi) is 5.82. The van der Waals surface area contributed by atoms with Gasteiger partial charge < -0.3 is 5.32 Å². The molecule has 1 amide bonds. The number of amides is 1. The van der Waals surface area contributed by atoms with Crippen molar-refractivity contribution in [3.8, 4) is 12.3 Å². The largest absolute Gasteiger partial charge is 0.352 e. The molecule has 1 aromatic heterocycles. The second-order valence-corrected chi connectivity index (χ2v) is 4.19. The lowest BCUT2D eigenvalue weighted by molar-refractivity contribution is 0.0953. The van der Waals surface area contributed by atoms with Crippen LogP contribution >= 0.6 is 23.2 Å². The van der Waals surface area contributed by atoms with Gasteiger partial charge in [0, 0.05) is 18.5 Å². The smallest absolute Gasteiger partial charge is 0.251 e. The first-order valence-electron chi connectivity index (χ1n) is 5.18. The number of rotatable bonds is 5. The molecule has 1 rings (SSSR count). The number of aromatic nitrogens is 1. The lowest BCUT2D eigenvalue weighted by Gasteiger charge is -2.05. The van der Waals surface area contributed by atoms with Crippen LogP contribution < -0.4 is 5.32 Å². The summed E-state index contributed by atoms with van der Waals surface area (Å²) in [6.45, 7) is 0.581. The Morgan fingerprint density at radius 3 is 2.59 bits per heavy atom. The molecule has 0 aliphatic rings. The van der Waals surface area contributed by atoms with Gasteiger partial charge in [0.15, 0.2) is 0 Å². The van der Waals surface area contributed by atoms with Crippen molar-refractivity contribution in [3.05, 3.63) is 28.0 Å². The zero-order valence-electron chi connectivity index (χ0n) is 9.17. The van der Waals surface area contributed by atoms with E-state index in [4.69, 9.17) is 29.6 Å². The number of hydrogen-bond donors (Lipinski definition) is 1. The first-order valence-corrected chi connectivity index (χ1v) is 5.94. The normalized spacial score (nSPS) is 9.71. The topological polar surface area (TPSA) is 42.0 Å². The fourth-order valence-electron chi connectivity index (χ4n) is 1.25. The zero-order chi connectivity index (χ0) is 12.7.